The summed E-state index contributed by atoms with van der Waals surface area (Å²) in [6, 6.07) is 10.7. The maximum Gasteiger partial charge on any atom is 0.405 e. The molecule has 3 rings (SSSR count). The first-order chi connectivity index (χ1) is 13.9. The summed E-state index contributed by atoms with van der Waals surface area (Å²) in [5.74, 6) is 0.707. The first-order valence-electron chi connectivity index (χ1n) is 8.42. The average molecular weight is 426 g/mol. The van der Waals surface area contributed by atoms with Gasteiger partial charge < -0.3 is 14.5 Å². The van der Waals surface area contributed by atoms with Gasteiger partial charge in [0.1, 0.15) is 18.1 Å². The van der Waals surface area contributed by atoms with Gasteiger partial charge in [-0.25, -0.2) is 0 Å². The topological polar surface area (TPSA) is 82.2 Å². The zero-order valence-electron chi connectivity index (χ0n) is 15.3. The summed E-state index contributed by atoms with van der Waals surface area (Å²) in [7, 11) is 1.53. The molecule has 0 aliphatic rings. The molecule has 1 N–H and O–H groups in total. The monoisotopic (exact) mass is 426 g/mol. The lowest BCUT2D eigenvalue weighted by molar-refractivity contribution is -0.136. The number of furan rings is 1. The predicted octanol–water partition coefficient (Wildman–Crippen LogP) is 3.37. The van der Waals surface area contributed by atoms with Gasteiger partial charge in [-0.1, -0.05) is 23.9 Å². The van der Waals surface area contributed by atoms with E-state index in [1.54, 1.807) is 22.8 Å². The molecule has 1 amide bonds. The van der Waals surface area contributed by atoms with E-state index >= 15 is 0 Å². The van der Waals surface area contributed by atoms with Gasteiger partial charge in [0.25, 0.3) is 0 Å². The zero-order valence-corrected chi connectivity index (χ0v) is 16.1. The van der Waals surface area contributed by atoms with Crippen LogP contribution in [0, 0.1) is 0 Å². The van der Waals surface area contributed by atoms with Crippen molar-refractivity contribution < 1.29 is 27.1 Å². The van der Waals surface area contributed by atoms with E-state index in [1.165, 1.54) is 13.4 Å². The molecule has 0 aliphatic heterocycles. The molecule has 0 spiro atoms. The molecule has 7 nitrogen and oxygen atoms in total. The number of methoxy groups -OCH3 is 1. The second-order valence-electron chi connectivity index (χ2n) is 5.85. The van der Waals surface area contributed by atoms with E-state index in [0.717, 1.165) is 11.8 Å². The van der Waals surface area contributed by atoms with Crippen LogP contribution in [0.2, 0.25) is 0 Å². The molecule has 0 atom stereocenters. The van der Waals surface area contributed by atoms with Crippen molar-refractivity contribution in [2.75, 3.05) is 19.4 Å². The van der Waals surface area contributed by atoms with Gasteiger partial charge in [0.15, 0.2) is 11.0 Å². The third kappa shape index (κ3) is 5.53. The van der Waals surface area contributed by atoms with Crippen molar-refractivity contribution in [1.29, 1.82) is 0 Å². The number of hydrogen-bond acceptors (Lipinski definition) is 6. The molecule has 0 unspecified atom stereocenters. The molecule has 11 heteroatoms. The SMILES string of the molecule is COc1ccccc1-c1nnc(SCC(=O)NCC(F)(F)F)n1Cc1ccco1. The molecule has 0 aliphatic carbocycles. The van der Waals surface area contributed by atoms with Crippen LogP contribution >= 0.6 is 11.8 Å². The highest BCUT2D eigenvalue weighted by Gasteiger charge is 2.28. The molecule has 0 saturated heterocycles. The standard InChI is InChI=1S/C18H17F3N4O3S/c1-27-14-7-3-2-6-13(14)16-23-24-17(25(16)9-12-5-4-8-28-12)29-10-15(26)22-11-18(19,20)21/h2-8H,9-11H2,1H3,(H,22,26). The first kappa shape index (κ1) is 20.8. The van der Waals surface area contributed by atoms with E-state index in [-0.39, 0.29) is 12.3 Å². The minimum Gasteiger partial charge on any atom is -0.496 e. The summed E-state index contributed by atoms with van der Waals surface area (Å²) >= 11 is 0.984. The largest absolute Gasteiger partial charge is 0.496 e. The van der Waals surface area contributed by atoms with Crippen molar-refractivity contribution in [3.8, 4) is 17.1 Å². The Balaban J connectivity index is 1.83. The van der Waals surface area contributed by atoms with Gasteiger partial charge in [0.05, 0.1) is 31.2 Å². The van der Waals surface area contributed by atoms with Gasteiger partial charge in [-0.3, -0.25) is 9.36 Å². The summed E-state index contributed by atoms with van der Waals surface area (Å²) in [5, 5.41) is 10.5. The highest BCUT2D eigenvalue weighted by atomic mass is 32.2. The van der Waals surface area contributed by atoms with E-state index in [9.17, 15) is 18.0 Å². The van der Waals surface area contributed by atoms with Crippen LogP contribution < -0.4 is 10.1 Å². The molecule has 0 fully saturated rings. The van der Waals surface area contributed by atoms with E-state index in [0.29, 0.717) is 28.1 Å². The van der Waals surface area contributed by atoms with Crippen LogP contribution in [-0.2, 0) is 11.3 Å². The van der Waals surface area contributed by atoms with Crippen LogP contribution in [0.5, 0.6) is 5.75 Å². The summed E-state index contributed by atoms with van der Waals surface area (Å²) in [6.07, 6.45) is -2.93. The highest BCUT2D eigenvalue weighted by molar-refractivity contribution is 7.99. The molecule has 3 aromatic rings. The smallest absolute Gasteiger partial charge is 0.405 e. The van der Waals surface area contributed by atoms with Crippen molar-refractivity contribution in [1.82, 2.24) is 20.1 Å². The van der Waals surface area contributed by atoms with Crippen LogP contribution in [0.1, 0.15) is 5.76 Å². The van der Waals surface area contributed by atoms with Crippen molar-refractivity contribution in [2.45, 2.75) is 17.9 Å². The highest BCUT2D eigenvalue weighted by Crippen LogP contribution is 2.31. The normalized spacial score (nSPS) is 11.4. The minimum atomic E-state index is -4.46. The lowest BCUT2D eigenvalue weighted by atomic mass is 10.2. The summed E-state index contributed by atoms with van der Waals surface area (Å²) in [4.78, 5) is 11.7. The summed E-state index contributed by atoms with van der Waals surface area (Å²) in [5.41, 5.74) is 0.683. The second kappa shape index (κ2) is 9.03. The molecule has 154 valence electrons. The fourth-order valence-electron chi connectivity index (χ4n) is 2.50. The Morgan fingerprint density at radius 3 is 2.72 bits per heavy atom. The molecular weight excluding hydrogens is 409 g/mol. The lowest BCUT2D eigenvalue weighted by Crippen LogP contribution is -2.34. The van der Waals surface area contributed by atoms with E-state index in [1.807, 2.05) is 23.5 Å². The lowest BCUT2D eigenvalue weighted by Gasteiger charge is -2.11. The summed E-state index contributed by atoms with van der Waals surface area (Å²) in [6.45, 7) is -1.10. The number of alkyl halides is 3. The number of nitrogens with one attached hydrogen (secondary N) is 1. The second-order valence-corrected chi connectivity index (χ2v) is 6.80. The average Bonchev–Trinajstić information content (AvgIpc) is 3.34. The Bertz CT molecular complexity index is 958. The van der Waals surface area contributed by atoms with Crippen molar-refractivity contribution in [3.05, 3.63) is 48.4 Å². The number of halogens is 3. The number of para-hydroxylation sites is 1. The van der Waals surface area contributed by atoms with Crippen LogP contribution in [0.15, 0.2) is 52.2 Å². The van der Waals surface area contributed by atoms with Crippen LogP contribution in [0.4, 0.5) is 13.2 Å². The predicted molar refractivity (Wildman–Crippen MR) is 99.6 cm³/mol. The number of amides is 1. The van der Waals surface area contributed by atoms with Crippen LogP contribution in [-0.4, -0.2) is 46.3 Å². The Kier molecular flexibility index (Phi) is 6.47. The number of hydrogen-bond donors (Lipinski definition) is 1. The Labute approximate surface area is 168 Å². The molecule has 1 aromatic carbocycles. The molecule has 0 bridgehead atoms. The molecule has 29 heavy (non-hydrogen) atoms. The van der Waals surface area contributed by atoms with Crippen molar-refractivity contribution in [2.24, 2.45) is 0 Å². The van der Waals surface area contributed by atoms with E-state index in [4.69, 9.17) is 9.15 Å². The molecule has 0 saturated carbocycles. The number of aromatic nitrogens is 3. The minimum absolute atomic E-state index is 0.238. The number of nitrogens with zero attached hydrogens (tertiary/aromatic N) is 3. The Morgan fingerprint density at radius 2 is 2.03 bits per heavy atom. The number of carbonyl (C=O) groups excluding carboxylic acids is 1. The molecule has 2 heterocycles. The number of rotatable bonds is 8. The number of benzene rings is 1. The first-order valence-corrected chi connectivity index (χ1v) is 9.41. The summed E-state index contributed by atoms with van der Waals surface area (Å²) < 4.78 is 49.2. The van der Waals surface area contributed by atoms with Crippen LogP contribution in [0.25, 0.3) is 11.4 Å². The van der Waals surface area contributed by atoms with Crippen LogP contribution in [0.3, 0.4) is 0 Å². The number of ether oxygens (including phenoxy) is 1. The van der Waals surface area contributed by atoms with Gasteiger partial charge in [-0.05, 0) is 24.3 Å². The third-order valence-corrected chi connectivity index (χ3v) is 4.74. The van der Waals surface area contributed by atoms with Gasteiger partial charge in [0, 0.05) is 0 Å². The van der Waals surface area contributed by atoms with Gasteiger partial charge in [0.2, 0.25) is 5.91 Å². The maximum absolute atomic E-state index is 12.2. The maximum atomic E-state index is 12.2. The van der Waals surface area contributed by atoms with Gasteiger partial charge >= 0.3 is 6.18 Å². The molecular formula is C18H17F3N4O3S. The Hall–Kier alpha value is -2.95. The molecule has 0 radical (unpaired) electrons. The number of carbonyl (C=O) groups is 1. The van der Waals surface area contributed by atoms with Gasteiger partial charge in [-0.2, -0.15) is 13.2 Å². The van der Waals surface area contributed by atoms with Crippen molar-refractivity contribution >= 4 is 17.7 Å². The van der Waals surface area contributed by atoms with Crippen molar-refractivity contribution in [3.63, 3.8) is 0 Å². The zero-order chi connectivity index (χ0) is 20.9. The fourth-order valence-corrected chi connectivity index (χ4v) is 3.27. The fraction of sp³-hybridized carbons (Fsp3) is 0.278. The quantitative estimate of drug-likeness (QED) is 0.557. The molecule has 2 aromatic heterocycles. The van der Waals surface area contributed by atoms with Gasteiger partial charge in [-0.15, -0.1) is 10.2 Å². The number of thioether (sulfide) groups is 1. The van der Waals surface area contributed by atoms with E-state index < -0.39 is 18.6 Å². The third-order valence-electron chi connectivity index (χ3n) is 3.78. The Morgan fingerprint density at radius 1 is 1.24 bits per heavy atom. The van der Waals surface area contributed by atoms with E-state index in [2.05, 4.69) is 10.2 Å².